The quantitative estimate of drug-likeness (QED) is 0.394. The third-order valence-electron chi connectivity index (χ3n) is 4.70. The normalized spacial score (nSPS) is 15.4. The molecule has 1 aliphatic rings. The average Bonchev–Trinajstić information content (AvgIpc) is 3.26. The van der Waals surface area contributed by atoms with Crippen LogP contribution in [0.2, 0.25) is 0 Å². The number of guanidine groups is 1. The molecule has 1 aromatic carbocycles. The first-order valence-electron chi connectivity index (χ1n) is 9.45. The highest BCUT2D eigenvalue weighted by molar-refractivity contribution is 7.14. The zero-order valence-corrected chi connectivity index (χ0v) is 16.8. The van der Waals surface area contributed by atoms with Crippen LogP contribution in [0.25, 0.3) is 0 Å². The number of thiophene rings is 1. The van der Waals surface area contributed by atoms with Crippen LogP contribution >= 0.6 is 11.3 Å². The summed E-state index contributed by atoms with van der Waals surface area (Å²) >= 11 is 1.78. The van der Waals surface area contributed by atoms with Gasteiger partial charge in [0.1, 0.15) is 5.82 Å². The number of amides is 1. The molecule has 150 valence electrons. The van der Waals surface area contributed by atoms with Gasteiger partial charge >= 0.3 is 0 Å². The number of anilines is 1. The molecule has 1 fully saturated rings. The fraction of sp³-hybridized carbons (Fsp3) is 0.400. The summed E-state index contributed by atoms with van der Waals surface area (Å²) in [5.41, 5.74) is 0.0579. The number of carbonyl (C=O) groups is 1. The standard InChI is InChI=1S/C20H26FN5OS/c1-22-20(24-11-10-23-19(27)16-5-2-3-6-17(16)21)25-15-8-12-26(13-9-15)18-7-4-14-28-18/h2-7,14-15H,8-13H2,1H3,(H,23,27)(H2,22,24,25). The van der Waals surface area contributed by atoms with Gasteiger partial charge in [-0.15, -0.1) is 11.3 Å². The maximum absolute atomic E-state index is 13.6. The van der Waals surface area contributed by atoms with E-state index in [9.17, 15) is 9.18 Å². The van der Waals surface area contributed by atoms with Gasteiger partial charge in [0, 0.05) is 39.3 Å². The summed E-state index contributed by atoms with van der Waals surface area (Å²) < 4.78 is 13.6. The molecule has 1 aliphatic heterocycles. The third kappa shape index (κ3) is 5.45. The molecular weight excluding hydrogens is 377 g/mol. The van der Waals surface area contributed by atoms with E-state index < -0.39 is 11.7 Å². The molecule has 0 unspecified atom stereocenters. The van der Waals surface area contributed by atoms with Gasteiger partial charge in [-0.1, -0.05) is 12.1 Å². The molecule has 0 bridgehead atoms. The first-order chi connectivity index (χ1) is 13.7. The molecule has 1 saturated heterocycles. The van der Waals surface area contributed by atoms with Crippen molar-refractivity contribution in [2.75, 3.05) is 38.1 Å². The Labute approximate surface area is 168 Å². The molecule has 3 rings (SSSR count). The van der Waals surface area contributed by atoms with Gasteiger partial charge in [-0.05, 0) is 42.5 Å². The van der Waals surface area contributed by atoms with Crippen molar-refractivity contribution in [3.8, 4) is 0 Å². The Morgan fingerprint density at radius 2 is 1.93 bits per heavy atom. The predicted octanol–water partition coefficient (Wildman–Crippen LogP) is 2.45. The van der Waals surface area contributed by atoms with Gasteiger partial charge in [0.05, 0.1) is 10.6 Å². The first-order valence-corrected chi connectivity index (χ1v) is 10.3. The molecule has 6 nitrogen and oxygen atoms in total. The van der Waals surface area contributed by atoms with Crippen molar-refractivity contribution in [1.82, 2.24) is 16.0 Å². The van der Waals surface area contributed by atoms with E-state index in [4.69, 9.17) is 0 Å². The molecule has 0 saturated carbocycles. The molecule has 0 spiro atoms. The largest absolute Gasteiger partial charge is 0.363 e. The average molecular weight is 404 g/mol. The molecule has 0 radical (unpaired) electrons. The van der Waals surface area contributed by atoms with Gasteiger partial charge in [0.25, 0.3) is 5.91 Å². The maximum Gasteiger partial charge on any atom is 0.254 e. The number of hydrogen-bond donors (Lipinski definition) is 3. The lowest BCUT2D eigenvalue weighted by atomic mass is 10.1. The third-order valence-corrected chi connectivity index (χ3v) is 5.63. The molecule has 3 N–H and O–H groups in total. The van der Waals surface area contributed by atoms with Gasteiger partial charge in [-0.3, -0.25) is 9.79 Å². The smallest absolute Gasteiger partial charge is 0.254 e. The fourth-order valence-electron chi connectivity index (χ4n) is 3.18. The van der Waals surface area contributed by atoms with Gasteiger partial charge in [0.2, 0.25) is 0 Å². The maximum atomic E-state index is 13.6. The second-order valence-electron chi connectivity index (χ2n) is 6.59. The van der Waals surface area contributed by atoms with E-state index >= 15 is 0 Å². The predicted molar refractivity (Wildman–Crippen MR) is 113 cm³/mol. The number of aliphatic imine (C=N–C) groups is 1. The van der Waals surface area contributed by atoms with Crippen LogP contribution in [0.3, 0.4) is 0 Å². The molecule has 0 atom stereocenters. The minimum Gasteiger partial charge on any atom is -0.363 e. The summed E-state index contributed by atoms with van der Waals surface area (Å²) in [6, 6.07) is 10.6. The Morgan fingerprint density at radius 1 is 1.18 bits per heavy atom. The summed E-state index contributed by atoms with van der Waals surface area (Å²) in [4.78, 5) is 18.7. The van der Waals surface area contributed by atoms with Crippen LogP contribution in [-0.2, 0) is 0 Å². The van der Waals surface area contributed by atoms with Crippen LogP contribution in [0, 0.1) is 5.82 Å². The topological polar surface area (TPSA) is 68.8 Å². The van der Waals surface area contributed by atoms with Crippen molar-refractivity contribution in [3.05, 3.63) is 53.2 Å². The zero-order chi connectivity index (χ0) is 19.8. The Kier molecular flexibility index (Phi) is 7.25. The molecule has 28 heavy (non-hydrogen) atoms. The number of nitrogens with one attached hydrogen (secondary N) is 3. The number of nitrogens with zero attached hydrogens (tertiary/aromatic N) is 2. The number of hydrogen-bond acceptors (Lipinski definition) is 4. The van der Waals surface area contributed by atoms with E-state index in [1.54, 1.807) is 30.5 Å². The summed E-state index contributed by atoms with van der Waals surface area (Å²) in [6.45, 7) is 2.93. The lowest BCUT2D eigenvalue weighted by Gasteiger charge is -2.33. The van der Waals surface area contributed by atoms with Crippen LogP contribution < -0.4 is 20.9 Å². The van der Waals surface area contributed by atoms with E-state index in [0.29, 0.717) is 19.1 Å². The number of benzene rings is 1. The van der Waals surface area contributed by atoms with Gasteiger partial charge in [-0.25, -0.2) is 4.39 Å². The van der Waals surface area contributed by atoms with Crippen molar-refractivity contribution < 1.29 is 9.18 Å². The second kappa shape index (κ2) is 10.1. The number of rotatable bonds is 6. The van der Waals surface area contributed by atoms with Crippen molar-refractivity contribution in [2.45, 2.75) is 18.9 Å². The Balaban J connectivity index is 1.36. The lowest BCUT2D eigenvalue weighted by molar-refractivity contribution is 0.0950. The van der Waals surface area contributed by atoms with Gasteiger partial charge in [0.15, 0.2) is 5.96 Å². The van der Waals surface area contributed by atoms with Crippen molar-refractivity contribution in [2.24, 2.45) is 4.99 Å². The Hall–Kier alpha value is -2.61. The van der Waals surface area contributed by atoms with E-state index in [0.717, 1.165) is 31.9 Å². The van der Waals surface area contributed by atoms with E-state index in [2.05, 4.69) is 43.4 Å². The van der Waals surface area contributed by atoms with Gasteiger partial charge < -0.3 is 20.9 Å². The highest BCUT2D eigenvalue weighted by atomic mass is 32.1. The molecule has 8 heteroatoms. The summed E-state index contributed by atoms with van der Waals surface area (Å²) in [5, 5.41) is 12.8. The van der Waals surface area contributed by atoms with E-state index in [1.807, 2.05) is 0 Å². The summed E-state index contributed by atoms with van der Waals surface area (Å²) in [7, 11) is 1.73. The SMILES string of the molecule is CN=C(NCCNC(=O)c1ccccc1F)NC1CCN(c2cccs2)CC1. The van der Waals surface area contributed by atoms with Crippen LogP contribution in [0.15, 0.2) is 46.8 Å². The Bertz CT molecular complexity index is 788. The van der Waals surface area contributed by atoms with Crippen LogP contribution in [0.5, 0.6) is 0 Å². The molecule has 1 amide bonds. The van der Waals surface area contributed by atoms with Crippen molar-refractivity contribution >= 4 is 28.2 Å². The van der Waals surface area contributed by atoms with Crippen molar-refractivity contribution in [3.63, 3.8) is 0 Å². The monoisotopic (exact) mass is 403 g/mol. The highest BCUT2D eigenvalue weighted by Crippen LogP contribution is 2.24. The van der Waals surface area contributed by atoms with Crippen LogP contribution in [0.1, 0.15) is 23.2 Å². The highest BCUT2D eigenvalue weighted by Gasteiger charge is 2.20. The zero-order valence-electron chi connectivity index (χ0n) is 16.0. The second-order valence-corrected chi connectivity index (χ2v) is 7.52. The number of carbonyl (C=O) groups excluding carboxylic acids is 1. The molecule has 0 aliphatic carbocycles. The lowest BCUT2D eigenvalue weighted by Crippen LogP contribution is -2.49. The van der Waals surface area contributed by atoms with E-state index in [-0.39, 0.29) is 5.56 Å². The summed E-state index contributed by atoms with van der Waals surface area (Å²) in [6.07, 6.45) is 2.09. The fourth-order valence-corrected chi connectivity index (χ4v) is 3.96. The number of piperidine rings is 1. The molecule has 1 aromatic heterocycles. The van der Waals surface area contributed by atoms with E-state index in [1.165, 1.54) is 17.1 Å². The molecule has 2 heterocycles. The minimum absolute atomic E-state index is 0.0579. The molecular formula is C20H26FN5OS. The Morgan fingerprint density at radius 3 is 2.61 bits per heavy atom. The van der Waals surface area contributed by atoms with Crippen molar-refractivity contribution in [1.29, 1.82) is 0 Å². The van der Waals surface area contributed by atoms with Crippen LogP contribution in [0.4, 0.5) is 9.39 Å². The van der Waals surface area contributed by atoms with Gasteiger partial charge in [-0.2, -0.15) is 0 Å². The summed E-state index contributed by atoms with van der Waals surface area (Å²) in [5.74, 6) is -0.210. The minimum atomic E-state index is -0.515. The number of halogens is 1. The van der Waals surface area contributed by atoms with Crippen LogP contribution in [-0.4, -0.2) is 51.1 Å². The molecule has 2 aromatic rings. The first kappa shape index (κ1) is 20.1.